The van der Waals surface area contributed by atoms with Crippen LogP contribution in [-0.2, 0) is 28.6 Å². The summed E-state index contributed by atoms with van der Waals surface area (Å²) < 4.78 is 16.7. The topological polar surface area (TPSA) is 78.9 Å². The van der Waals surface area contributed by atoms with Gasteiger partial charge < -0.3 is 14.2 Å². The molecule has 360 valence electrons. The molecule has 0 saturated heterocycles. The van der Waals surface area contributed by atoms with Crippen molar-refractivity contribution in [1.82, 2.24) is 0 Å². The van der Waals surface area contributed by atoms with Crippen LogP contribution in [-0.4, -0.2) is 37.2 Å². The maximum absolute atomic E-state index is 12.8. The van der Waals surface area contributed by atoms with Crippen LogP contribution in [0, 0.1) is 0 Å². The molecule has 0 aromatic carbocycles. The first-order valence-electron chi connectivity index (χ1n) is 26.2. The number of rotatable bonds is 46. The Balaban J connectivity index is 4.46. The molecule has 0 aromatic rings. The van der Waals surface area contributed by atoms with Gasteiger partial charge >= 0.3 is 17.9 Å². The minimum atomic E-state index is -0.809. The Hall–Kier alpha value is -3.41. The van der Waals surface area contributed by atoms with E-state index < -0.39 is 6.10 Å². The van der Waals surface area contributed by atoms with Crippen LogP contribution in [0.2, 0.25) is 0 Å². The summed E-state index contributed by atoms with van der Waals surface area (Å²) >= 11 is 0. The molecule has 0 bridgehead atoms. The molecule has 0 N–H and O–H groups in total. The summed E-state index contributed by atoms with van der Waals surface area (Å²) in [6.07, 6.45) is 65.7. The van der Waals surface area contributed by atoms with Crippen molar-refractivity contribution in [2.45, 2.75) is 245 Å². The summed E-state index contributed by atoms with van der Waals surface area (Å²) in [4.78, 5) is 38.0. The molecule has 6 nitrogen and oxygen atoms in total. The molecule has 0 fully saturated rings. The molecule has 1 atom stereocenters. The molecule has 0 spiro atoms. The molecule has 0 aromatic heterocycles. The van der Waals surface area contributed by atoms with E-state index >= 15 is 0 Å². The van der Waals surface area contributed by atoms with Gasteiger partial charge in [0, 0.05) is 19.3 Å². The third-order valence-corrected chi connectivity index (χ3v) is 11.0. The minimum Gasteiger partial charge on any atom is -0.462 e. The number of carbonyl (C=O) groups excluding carboxylic acids is 3. The molecule has 1 unspecified atom stereocenters. The summed E-state index contributed by atoms with van der Waals surface area (Å²) in [6.45, 7) is 6.40. The zero-order valence-corrected chi connectivity index (χ0v) is 41.1. The van der Waals surface area contributed by atoms with Crippen LogP contribution in [0.1, 0.15) is 239 Å². The largest absolute Gasteiger partial charge is 0.462 e. The van der Waals surface area contributed by atoms with E-state index in [4.69, 9.17) is 14.2 Å². The fourth-order valence-corrected chi connectivity index (χ4v) is 7.11. The Kier molecular flexibility index (Phi) is 48.5. The lowest BCUT2D eigenvalue weighted by Gasteiger charge is -2.18. The number of allylic oxidation sites excluding steroid dienone is 14. The highest BCUT2D eigenvalue weighted by Crippen LogP contribution is 2.15. The second-order valence-corrected chi connectivity index (χ2v) is 17.2. The lowest BCUT2D eigenvalue weighted by Crippen LogP contribution is -2.30. The normalized spacial score (nSPS) is 12.7. The van der Waals surface area contributed by atoms with Gasteiger partial charge in [-0.3, -0.25) is 14.4 Å². The van der Waals surface area contributed by atoms with Gasteiger partial charge in [-0.2, -0.15) is 0 Å². The van der Waals surface area contributed by atoms with Crippen molar-refractivity contribution < 1.29 is 28.6 Å². The minimum absolute atomic E-state index is 0.103. The standard InChI is InChI=1S/C57H96O6/c1-4-7-10-13-16-19-22-25-27-28-30-32-35-38-41-44-47-50-56(59)62-53-54(52-61-55(58)49-46-43-40-37-34-31-24-21-18-15-12-9-6-3)63-57(60)51-48-45-42-39-36-33-29-26-23-20-17-14-11-8-5-2/h9,12,15,17-18,20-21,23-24,26,31,34,37,40,54H,4-8,10-11,13-14,16,19,22,25,27-30,32-33,35-36,38-39,41-53H2,1-3H3/b12-9-,18-15-,20-17-,24-21-,26-23-,34-31-,40-37-. The van der Waals surface area contributed by atoms with Gasteiger partial charge in [0.15, 0.2) is 6.10 Å². The van der Waals surface area contributed by atoms with Crippen molar-refractivity contribution >= 4 is 17.9 Å². The Morgan fingerprint density at radius 2 is 0.635 bits per heavy atom. The van der Waals surface area contributed by atoms with Crippen LogP contribution < -0.4 is 0 Å². The summed E-state index contributed by atoms with van der Waals surface area (Å²) in [5, 5.41) is 0. The van der Waals surface area contributed by atoms with E-state index in [1.54, 1.807) is 0 Å². The Bertz CT molecular complexity index is 1240. The first-order chi connectivity index (χ1) is 31.0. The third kappa shape index (κ3) is 49.5. The number of unbranched alkanes of at least 4 members (excludes halogenated alkanes) is 26. The fraction of sp³-hybridized carbons (Fsp3) is 0.702. The lowest BCUT2D eigenvalue weighted by atomic mass is 10.0. The first-order valence-corrected chi connectivity index (χ1v) is 26.2. The number of hydrogen-bond acceptors (Lipinski definition) is 6. The zero-order valence-electron chi connectivity index (χ0n) is 41.1. The van der Waals surface area contributed by atoms with Gasteiger partial charge in [-0.1, -0.05) is 247 Å². The Morgan fingerprint density at radius 3 is 1.08 bits per heavy atom. The molecular formula is C57H96O6. The molecule has 0 amide bonds. The molecule has 0 aliphatic carbocycles. The number of hydrogen-bond donors (Lipinski definition) is 0. The highest BCUT2D eigenvalue weighted by atomic mass is 16.6. The van der Waals surface area contributed by atoms with Crippen LogP contribution in [0.25, 0.3) is 0 Å². The predicted molar refractivity (Wildman–Crippen MR) is 270 cm³/mol. The van der Waals surface area contributed by atoms with E-state index in [-0.39, 0.29) is 37.5 Å². The third-order valence-electron chi connectivity index (χ3n) is 11.0. The lowest BCUT2D eigenvalue weighted by molar-refractivity contribution is -0.167. The number of esters is 3. The number of carbonyl (C=O) groups is 3. The van der Waals surface area contributed by atoms with Gasteiger partial charge in [0.05, 0.1) is 0 Å². The van der Waals surface area contributed by atoms with Gasteiger partial charge in [-0.25, -0.2) is 0 Å². The van der Waals surface area contributed by atoms with Gasteiger partial charge in [-0.15, -0.1) is 0 Å². The molecule has 6 heteroatoms. The van der Waals surface area contributed by atoms with Gasteiger partial charge in [0.1, 0.15) is 13.2 Å². The highest BCUT2D eigenvalue weighted by molar-refractivity contribution is 5.71. The maximum atomic E-state index is 12.8. The average Bonchev–Trinajstić information content (AvgIpc) is 3.28. The first kappa shape index (κ1) is 59.6. The van der Waals surface area contributed by atoms with Crippen molar-refractivity contribution in [2.75, 3.05) is 13.2 Å². The summed E-state index contributed by atoms with van der Waals surface area (Å²) in [6, 6.07) is 0. The molecule has 0 heterocycles. The van der Waals surface area contributed by atoms with Crippen LogP contribution in [0.5, 0.6) is 0 Å². The van der Waals surface area contributed by atoms with E-state index in [1.165, 1.54) is 128 Å². The molecule has 0 aliphatic heterocycles. The second kappa shape index (κ2) is 51.2. The highest BCUT2D eigenvalue weighted by Gasteiger charge is 2.19. The van der Waals surface area contributed by atoms with Crippen molar-refractivity contribution in [2.24, 2.45) is 0 Å². The molecule has 63 heavy (non-hydrogen) atoms. The zero-order chi connectivity index (χ0) is 45.8. The van der Waals surface area contributed by atoms with Crippen molar-refractivity contribution in [1.29, 1.82) is 0 Å². The van der Waals surface area contributed by atoms with Crippen LogP contribution in [0.15, 0.2) is 85.1 Å². The summed E-state index contributed by atoms with van der Waals surface area (Å²) in [5.74, 6) is -0.990. The van der Waals surface area contributed by atoms with E-state index in [9.17, 15) is 14.4 Å². The van der Waals surface area contributed by atoms with Crippen LogP contribution >= 0.6 is 0 Å². The van der Waals surface area contributed by atoms with Crippen molar-refractivity contribution in [3.05, 3.63) is 85.1 Å². The van der Waals surface area contributed by atoms with E-state index in [0.29, 0.717) is 19.3 Å². The van der Waals surface area contributed by atoms with Gasteiger partial charge in [-0.05, 0) is 57.8 Å². The summed E-state index contributed by atoms with van der Waals surface area (Å²) in [5.41, 5.74) is 0. The van der Waals surface area contributed by atoms with Crippen LogP contribution in [0.4, 0.5) is 0 Å². The van der Waals surface area contributed by atoms with Crippen LogP contribution in [0.3, 0.4) is 0 Å². The van der Waals surface area contributed by atoms with Crippen molar-refractivity contribution in [3.63, 3.8) is 0 Å². The second-order valence-electron chi connectivity index (χ2n) is 17.2. The Morgan fingerprint density at radius 1 is 0.333 bits per heavy atom. The SMILES string of the molecule is CC\C=C/C=C\C=C/C=C\C=C/CCCC(=O)OCC(COC(=O)CCCCCCCCCCCCCCCCCCC)OC(=O)CCCCCCCC/C=C\C=C/CCCCC. The van der Waals surface area contributed by atoms with E-state index in [0.717, 1.165) is 64.2 Å². The number of ether oxygens (including phenoxy) is 3. The van der Waals surface area contributed by atoms with Gasteiger partial charge in [0.25, 0.3) is 0 Å². The van der Waals surface area contributed by atoms with Gasteiger partial charge in [0.2, 0.25) is 0 Å². The summed E-state index contributed by atoms with van der Waals surface area (Å²) in [7, 11) is 0. The monoisotopic (exact) mass is 877 g/mol. The van der Waals surface area contributed by atoms with Crippen molar-refractivity contribution in [3.8, 4) is 0 Å². The molecule has 0 saturated carbocycles. The molecule has 0 rings (SSSR count). The Labute approximate surface area is 388 Å². The predicted octanol–water partition coefficient (Wildman–Crippen LogP) is 17.2. The molecule has 0 radical (unpaired) electrons. The van der Waals surface area contributed by atoms with E-state index in [1.807, 2.05) is 54.7 Å². The molecular weight excluding hydrogens is 781 g/mol. The van der Waals surface area contributed by atoms with E-state index in [2.05, 4.69) is 51.2 Å². The maximum Gasteiger partial charge on any atom is 0.306 e. The average molecular weight is 877 g/mol. The smallest absolute Gasteiger partial charge is 0.306 e. The fourth-order valence-electron chi connectivity index (χ4n) is 7.11. The molecule has 0 aliphatic rings. The quantitative estimate of drug-likeness (QED) is 0.0262.